The molecule has 1 aliphatic heterocycles. The number of oxazole rings is 1. The van der Waals surface area contributed by atoms with Gasteiger partial charge in [0.05, 0.1) is 16.3 Å². The Morgan fingerprint density at radius 1 is 1.11 bits per heavy atom. The fourth-order valence-corrected chi connectivity index (χ4v) is 5.93. The molecule has 0 bridgehead atoms. The van der Waals surface area contributed by atoms with Gasteiger partial charge in [0.25, 0.3) is 6.01 Å². The van der Waals surface area contributed by atoms with Gasteiger partial charge in [-0.2, -0.15) is 9.29 Å². The number of carbonyl (C=O) groups is 1. The van der Waals surface area contributed by atoms with Crippen LogP contribution in [0.4, 0.5) is 17.4 Å². The van der Waals surface area contributed by atoms with Crippen molar-refractivity contribution in [1.29, 1.82) is 0 Å². The first-order chi connectivity index (χ1) is 16.7. The molecular weight excluding hydrogens is 466 g/mol. The molecule has 0 aliphatic carbocycles. The molecule has 1 N–H and O–H groups in total. The van der Waals surface area contributed by atoms with Crippen molar-refractivity contribution in [1.82, 2.24) is 9.29 Å². The molecular formula is C25H33N5O4S. The Bertz CT molecular complexity index is 1260. The summed E-state index contributed by atoms with van der Waals surface area (Å²) in [5.74, 6) is -0.295. The topological polar surface area (TPSA) is 99.0 Å². The number of rotatable bonds is 8. The lowest BCUT2D eigenvalue weighted by Crippen LogP contribution is -2.38. The number of fused-ring (bicyclic) bond motifs is 1. The number of hydrogen-bond acceptors (Lipinski definition) is 7. The monoisotopic (exact) mass is 499 g/mol. The summed E-state index contributed by atoms with van der Waals surface area (Å²) in [4.78, 5) is 21.8. The molecule has 4 rings (SSSR count). The van der Waals surface area contributed by atoms with Gasteiger partial charge in [-0.15, -0.1) is 0 Å². The van der Waals surface area contributed by atoms with Crippen LogP contribution in [0.25, 0.3) is 11.1 Å². The molecule has 1 aliphatic rings. The van der Waals surface area contributed by atoms with E-state index >= 15 is 0 Å². The van der Waals surface area contributed by atoms with E-state index in [1.165, 1.54) is 4.31 Å². The van der Waals surface area contributed by atoms with Gasteiger partial charge >= 0.3 is 0 Å². The second kappa shape index (κ2) is 10.2. The predicted octanol–water partition coefficient (Wildman–Crippen LogP) is 3.78. The average Bonchev–Trinajstić information content (AvgIpc) is 3.29. The van der Waals surface area contributed by atoms with E-state index in [9.17, 15) is 13.2 Å². The average molecular weight is 500 g/mol. The summed E-state index contributed by atoms with van der Waals surface area (Å²) in [7, 11) is 0.0905. The fraction of sp³-hybridized carbons (Fsp3) is 0.440. The van der Waals surface area contributed by atoms with Crippen LogP contribution < -0.4 is 15.1 Å². The number of carbonyl (C=O) groups excluding carboxylic acids is 1. The molecule has 10 heteroatoms. The zero-order chi connectivity index (χ0) is 25.2. The first-order valence-corrected chi connectivity index (χ1v) is 13.4. The fourth-order valence-electron chi connectivity index (χ4n) is 4.44. The van der Waals surface area contributed by atoms with E-state index in [-0.39, 0.29) is 16.7 Å². The summed E-state index contributed by atoms with van der Waals surface area (Å²) < 4.78 is 33.3. The number of hydrogen-bond donors (Lipinski definition) is 1. The Morgan fingerprint density at radius 3 is 2.43 bits per heavy atom. The minimum absolute atomic E-state index is 0.109. The van der Waals surface area contributed by atoms with E-state index in [0.717, 1.165) is 16.8 Å². The van der Waals surface area contributed by atoms with Crippen LogP contribution in [0.1, 0.15) is 26.7 Å². The van der Waals surface area contributed by atoms with Gasteiger partial charge in [-0.25, -0.2) is 8.42 Å². The molecule has 0 atom stereocenters. The Kier molecular flexibility index (Phi) is 7.32. The first kappa shape index (κ1) is 25.0. The molecule has 1 amide bonds. The third-order valence-electron chi connectivity index (χ3n) is 6.47. The molecule has 1 aromatic heterocycles. The summed E-state index contributed by atoms with van der Waals surface area (Å²) in [5.41, 5.74) is 2.81. The highest BCUT2D eigenvalue weighted by atomic mass is 32.2. The summed E-state index contributed by atoms with van der Waals surface area (Å²) in [6, 6.07) is 13.1. The Hall–Kier alpha value is -3.11. The maximum absolute atomic E-state index is 13.2. The molecule has 1 fully saturated rings. The summed E-state index contributed by atoms with van der Waals surface area (Å²) in [5, 5.41) is 3.00. The van der Waals surface area contributed by atoms with Crippen molar-refractivity contribution in [3.05, 3.63) is 42.5 Å². The minimum Gasteiger partial charge on any atom is -0.423 e. The molecule has 1 saturated heterocycles. The molecule has 188 valence electrons. The third kappa shape index (κ3) is 5.13. The van der Waals surface area contributed by atoms with E-state index in [2.05, 4.69) is 15.2 Å². The molecule has 2 aromatic carbocycles. The van der Waals surface area contributed by atoms with Gasteiger partial charge in [-0.3, -0.25) is 4.79 Å². The highest BCUT2D eigenvalue weighted by molar-refractivity contribution is 7.89. The normalized spacial score (nSPS) is 15.1. The van der Waals surface area contributed by atoms with Crippen LogP contribution in [0, 0.1) is 5.92 Å². The minimum atomic E-state index is -3.64. The van der Waals surface area contributed by atoms with E-state index in [1.54, 1.807) is 18.2 Å². The van der Waals surface area contributed by atoms with E-state index in [4.69, 9.17) is 4.42 Å². The number of nitrogens with one attached hydrogen (secondary N) is 1. The molecule has 2 heterocycles. The van der Waals surface area contributed by atoms with Gasteiger partial charge in [0.15, 0.2) is 5.58 Å². The number of sulfonamides is 1. The van der Waals surface area contributed by atoms with E-state index in [1.807, 2.05) is 57.1 Å². The van der Waals surface area contributed by atoms with Crippen molar-refractivity contribution >= 4 is 44.4 Å². The highest BCUT2D eigenvalue weighted by Gasteiger charge is 2.29. The molecule has 0 saturated carbocycles. The smallest absolute Gasteiger partial charge is 0.298 e. The van der Waals surface area contributed by atoms with Crippen molar-refractivity contribution < 1.29 is 17.6 Å². The van der Waals surface area contributed by atoms with Gasteiger partial charge in [0.1, 0.15) is 5.52 Å². The van der Waals surface area contributed by atoms with Crippen molar-refractivity contribution in [3.63, 3.8) is 0 Å². The molecule has 35 heavy (non-hydrogen) atoms. The van der Waals surface area contributed by atoms with Gasteiger partial charge in [0.2, 0.25) is 15.9 Å². The van der Waals surface area contributed by atoms with Crippen LogP contribution in [0.5, 0.6) is 0 Å². The van der Waals surface area contributed by atoms with Gasteiger partial charge in [0, 0.05) is 46.2 Å². The largest absolute Gasteiger partial charge is 0.423 e. The number of anilines is 3. The second-order valence-electron chi connectivity index (χ2n) is 8.88. The predicted molar refractivity (Wildman–Crippen MR) is 138 cm³/mol. The molecule has 0 spiro atoms. The Labute approximate surface area is 206 Å². The Balaban J connectivity index is 1.48. The van der Waals surface area contributed by atoms with Crippen molar-refractivity contribution in [2.45, 2.75) is 31.6 Å². The Morgan fingerprint density at radius 2 is 1.80 bits per heavy atom. The SMILES string of the molecule is CCN(CC)S(=O)(=O)c1ccc(N(C)C)c(NC(=O)C2CCN(c3nc4ccccc4o3)CC2)c1. The maximum Gasteiger partial charge on any atom is 0.298 e. The zero-order valence-electron chi connectivity index (χ0n) is 20.7. The van der Waals surface area contributed by atoms with E-state index < -0.39 is 10.0 Å². The van der Waals surface area contributed by atoms with Crippen molar-refractivity contribution in [3.8, 4) is 0 Å². The lowest BCUT2D eigenvalue weighted by atomic mass is 9.96. The van der Waals surface area contributed by atoms with Crippen molar-refractivity contribution in [2.24, 2.45) is 5.92 Å². The van der Waals surface area contributed by atoms with Crippen LogP contribution >= 0.6 is 0 Å². The summed E-state index contributed by atoms with van der Waals surface area (Å²) >= 11 is 0. The van der Waals surface area contributed by atoms with Crippen LogP contribution in [-0.2, 0) is 14.8 Å². The van der Waals surface area contributed by atoms with Gasteiger partial charge < -0.3 is 19.5 Å². The molecule has 9 nitrogen and oxygen atoms in total. The standard InChI is InChI=1S/C25H33N5O4S/c1-5-30(6-2)35(32,33)19-11-12-22(28(3)4)21(17-19)26-24(31)18-13-15-29(16-14-18)25-27-20-9-7-8-10-23(20)34-25/h7-12,17-18H,5-6,13-16H2,1-4H3,(H,26,31). The third-order valence-corrected chi connectivity index (χ3v) is 8.52. The van der Waals surface area contributed by atoms with E-state index in [0.29, 0.717) is 50.7 Å². The molecule has 3 aromatic rings. The second-order valence-corrected chi connectivity index (χ2v) is 10.8. The number of piperidine rings is 1. The number of amides is 1. The van der Waals surface area contributed by atoms with Crippen LogP contribution in [0.2, 0.25) is 0 Å². The quantitative estimate of drug-likeness (QED) is 0.504. The van der Waals surface area contributed by atoms with Gasteiger partial charge in [-0.05, 0) is 43.2 Å². The number of nitrogens with zero attached hydrogens (tertiary/aromatic N) is 4. The number of benzene rings is 2. The van der Waals surface area contributed by atoms with Crippen LogP contribution in [0.15, 0.2) is 51.8 Å². The van der Waals surface area contributed by atoms with Crippen molar-refractivity contribution in [2.75, 3.05) is 55.4 Å². The summed E-state index contributed by atoms with van der Waals surface area (Å²) in [6.45, 7) is 5.70. The lowest BCUT2D eigenvalue weighted by molar-refractivity contribution is -0.120. The molecule has 0 radical (unpaired) electrons. The van der Waals surface area contributed by atoms with Crippen LogP contribution in [0.3, 0.4) is 0 Å². The maximum atomic E-state index is 13.2. The number of para-hydroxylation sites is 2. The first-order valence-electron chi connectivity index (χ1n) is 12.0. The zero-order valence-corrected chi connectivity index (χ0v) is 21.5. The van der Waals surface area contributed by atoms with Crippen LogP contribution in [-0.4, -0.2) is 63.9 Å². The number of aromatic nitrogens is 1. The summed E-state index contributed by atoms with van der Waals surface area (Å²) in [6.07, 6.45) is 1.30. The lowest BCUT2D eigenvalue weighted by Gasteiger charge is -2.30. The molecule has 0 unspecified atom stereocenters. The highest BCUT2D eigenvalue weighted by Crippen LogP contribution is 2.31. The van der Waals surface area contributed by atoms with Gasteiger partial charge in [-0.1, -0.05) is 26.0 Å².